The Hall–Kier alpha value is -2.96. The molecule has 1 heterocycles. The molecule has 4 nitrogen and oxygen atoms in total. The number of alkyl halides is 6. The van der Waals surface area contributed by atoms with Crippen LogP contribution in [0.25, 0.3) is 11.3 Å². The average molecular weight is 362 g/mol. The van der Waals surface area contributed by atoms with Crippen molar-refractivity contribution in [3.63, 3.8) is 0 Å². The van der Waals surface area contributed by atoms with Crippen LogP contribution < -0.4 is 10.3 Å². The van der Waals surface area contributed by atoms with Crippen LogP contribution in [0.5, 0.6) is 5.75 Å². The number of aromatic amines is 1. The van der Waals surface area contributed by atoms with Crippen LogP contribution in [0.15, 0.2) is 41.2 Å². The predicted octanol–water partition coefficient (Wildman–Crippen LogP) is 3.79. The maximum Gasteiger partial charge on any atom is 0.439 e. The number of pyridine rings is 1. The normalized spacial score (nSPS) is 13.2. The van der Waals surface area contributed by atoms with E-state index in [0.29, 0.717) is 0 Å². The van der Waals surface area contributed by atoms with Crippen LogP contribution in [0.2, 0.25) is 0 Å². The van der Waals surface area contributed by atoms with Gasteiger partial charge in [0.05, 0.1) is 5.69 Å². The lowest BCUT2D eigenvalue weighted by Crippen LogP contribution is -2.45. The van der Waals surface area contributed by atoms with Gasteiger partial charge in [-0.15, -0.1) is 0 Å². The smallest absolute Gasteiger partial charge is 0.429 e. The lowest BCUT2D eigenvalue weighted by Gasteiger charge is -2.24. The summed E-state index contributed by atoms with van der Waals surface area (Å²) in [5.74, 6) is -0.778. The van der Waals surface area contributed by atoms with Crippen LogP contribution in [0.3, 0.4) is 0 Å². The Morgan fingerprint density at radius 3 is 2.28 bits per heavy atom. The Bertz CT molecular complexity index is 869. The van der Waals surface area contributed by atoms with Gasteiger partial charge in [-0.25, -0.2) is 4.39 Å². The molecule has 0 saturated heterocycles. The summed E-state index contributed by atoms with van der Waals surface area (Å²) >= 11 is 0. The summed E-state index contributed by atoms with van der Waals surface area (Å²) < 4.78 is 80.4. The molecule has 2 rings (SSSR count). The van der Waals surface area contributed by atoms with E-state index < -0.39 is 29.8 Å². The van der Waals surface area contributed by atoms with Crippen molar-refractivity contribution in [2.24, 2.45) is 0 Å². The van der Waals surface area contributed by atoms with E-state index in [2.05, 4.69) is 9.72 Å². The molecule has 0 spiro atoms. The number of nitriles is 1. The Morgan fingerprint density at radius 1 is 1.08 bits per heavy atom. The first kappa shape index (κ1) is 18.4. The molecule has 1 N–H and O–H groups in total. The Labute approximate surface area is 136 Å². The number of rotatable bonds is 4. The molecule has 2 aromatic rings. The van der Waals surface area contributed by atoms with Crippen LogP contribution in [-0.4, -0.2) is 23.4 Å². The maximum atomic E-state index is 13.5. The highest BCUT2D eigenvalue weighted by Gasteiger charge is 2.59. The molecule has 10 heteroatoms. The highest BCUT2D eigenvalue weighted by atomic mass is 19.4. The molecule has 0 bridgehead atoms. The van der Waals surface area contributed by atoms with Gasteiger partial charge in [-0.05, 0) is 24.3 Å². The van der Waals surface area contributed by atoms with E-state index in [-0.39, 0.29) is 16.8 Å². The third-order valence-corrected chi connectivity index (χ3v) is 3.04. The first-order chi connectivity index (χ1) is 11.6. The maximum absolute atomic E-state index is 13.5. The van der Waals surface area contributed by atoms with Gasteiger partial charge >= 0.3 is 12.3 Å². The molecule has 0 amide bonds. The first-order valence-corrected chi connectivity index (χ1v) is 6.56. The minimum Gasteiger partial charge on any atom is -0.429 e. The number of ether oxygens (including phenoxy) is 1. The largest absolute Gasteiger partial charge is 0.439 e. The number of H-pyrrole nitrogens is 1. The number of hydrogen-bond donors (Lipinski definition) is 1. The number of nitrogens with one attached hydrogen (secondary N) is 1. The van der Waals surface area contributed by atoms with Crippen LogP contribution in [0, 0.1) is 11.3 Å². The van der Waals surface area contributed by atoms with Crippen molar-refractivity contribution >= 4 is 0 Å². The molecule has 1 atom stereocenters. The van der Waals surface area contributed by atoms with Gasteiger partial charge in [0, 0.05) is 5.56 Å². The highest BCUT2D eigenvalue weighted by Crippen LogP contribution is 2.39. The summed E-state index contributed by atoms with van der Waals surface area (Å²) in [6, 6.07) is 8.44. The number of halogens is 6. The zero-order valence-electron chi connectivity index (χ0n) is 12.1. The first-order valence-electron chi connectivity index (χ1n) is 6.56. The van der Waals surface area contributed by atoms with E-state index in [1.165, 1.54) is 24.3 Å². The molecule has 0 saturated carbocycles. The molecular formula is C15H8F6N2O2. The van der Waals surface area contributed by atoms with E-state index >= 15 is 0 Å². The third-order valence-electron chi connectivity index (χ3n) is 3.04. The fraction of sp³-hybridized carbons (Fsp3) is 0.200. The molecule has 0 aliphatic carbocycles. The number of benzene rings is 1. The van der Waals surface area contributed by atoms with Gasteiger partial charge in [-0.1, -0.05) is 12.1 Å². The van der Waals surface area contributed by atoms with E-state index in [4.69, 9.17) is 5.26 Å². The highest BCUT2D eigenvalue weighted by molar-refractivity contribution is 5.67. The van der Waals surface area contributed by atoms with E-state index in [9.17, 15) is 31.1 Å². The summed E-state index contributed by atoms with van der Waals surface area (Å²) in [4.78, 5) is 13.8. The molecule has 25 heavy (non-hydrogen) atoms. The molecular weight excluding hydrogens is 354 g/mol. The summed E-state index contributed by atoms with van der Waals surface area (Å²) in [6.07, 6.45) is -15.5. The molecule has 0 aliphatic heterocycles. The van der Waals surface area contributed by atoms with Gasteiger partial charge in [0.25, 0.3) is 11.7 Å². The van der Waals surface area contributed by atoms with Gasteiger partial charge in [-0.3, -0.25) is 4.79 Å². The van der Waals surface area contributed by atoms with E-state index in [1.54, 1.807) is 6.07 Å². The number of aromatic nitrogens is 1. The zero-order chi connectivity index (χ0) is 18.8. The minimum absolute atomic E-state index is 0.0992. The zero-order valence-corrected chi connectivity index (χ0v) is 12.1. The standard InChI is InChI=1S/C15H8F6N2O2/c16-13(14(17,18)19)15(20,21)25-11-4-2-1-3-9(11)10-6-5-8(7-22)12(24)23-10/h1-6,13H,(H,23,24). The lowest BCUT2D eigenvalue weighted by molar-refractivity contribution is -0.304. The number of hydrogen-bond acceptors (Lipinski definition) is 3. The second-order valence-corrected chi connectivity index (χ2v) is 4.79. The van der Waals surface area contributed by atoms with Crippen LogP contribution in [0.1, 0.15) is 5.56 Å². The summed E-state index contributed by atoms with van der Waals surface area (Å²) in [5, 5.41) is 8.68. The van der Waals surface area contributed by atoms with Crippen molar-refractivity contribution in [2.75, 3.05) is 0 Å². The van der Waals surface area contributed by atoms with Gasteiger partial charge in [0.1, 0.15) is 17.4 Å². The fourth-order valence-electron chi connectivity index (χ4n) is 1.89. The van der Waals surface area contributed by atoms with E-state index in [0.717, 1.165) is 12.1 Å². The topological polar surface area (TPSA) is 65.9 Å². The SMILES string of the molecule is N#Cc1ccc(-c2ccccc2OC(F)(F)C(F)C(F)(F)F)[nH]c1=O. The number of para-hydroxylation sites is 1. The average Bonchev–Trinajstić information content (AvgIpc) is 2.53. The second kappa shape index (κ2) is 6.51. The summed E-state index contributed by atoms with van der Waals surface area (Å²) in [5.41, 5.74) is -1.40. The van der Waals surface area contributed by atoms with Gasteiger partial charge in [-0.2, -0.15) is 27.2 Å². The molecule has 0 aliphatic rings. The van der Waals surface area contributed by atoms with Crippen molar-refractivity contribution in [3.8, 4) is 23.1 Å². The molecule has 1 unspecified atom stereocenters. The number of nitrogens with zero attached hydrogens (tertiary/aromatic N) is 1. The quantitative estimate of drug-likeness (QED) is 0.842. The van der Waals surface area contributed by atoms with Crippen molar-refractivity contribution in [1.82, 2.24) is 4.98 Å². The van der Waals surface area contributed by atoms with Crippen molar-refractivity contribution < 1.29 is 31.1 Å². The minimum atomic E-state index is -5.82. The van der Waals surface area contributed by atoms with Gasteiger partial charge in [0.2, 0.25) is 0 Å². The Kier molecular flexibility index (Phi) is 4.78. The molecule has 1 aromatic heterocycles. The van der Waals surface area contributed by atoms with E-state index in [1.807, 2.05) is 0 Å². The fourth-order valence-corrected chi connectivity index (χ4v) is 1.89. The van der Waals surface area contributed by atoms with Gasteiger partial charge < -0.3 is 9.72 Å². The lowest BCUT2D eigenvalue weighted by atomic mass is 10.1. The van der Waals surface area contributed by atoms with Crippen LogP contribution in [-0.2, 0) is 0 Å². The monoisotopic (exact) mass is 362 g/mol. The van der Waals surface area contributed by atoms with Crippen LogP contribution >= 0.6 is 0 Å². The van der Waals surface area contributed by atoms with Crippen molar-refractivity contribution in [3.05, 3.63) is 52.3 Å². The summed E-state index contributed by atoms with van der Waals surface area (Å²) in [6.45, 7) is 0. The third kappa shape index (κ3) is 3.93. The van der Waals surface area contributed by atoms with Crippen LogP contribution in [0.4, 0.5) is 26.3 Å². The Balaban J connectivity index is 2.44. The molecule has 0 fully saturated rings. The molecule has 132 valence electrons. The molecule has 1 aromatic carbocycles. The second-order valence-electron chi connectivity index (χ2n) is 4.79. The van der Waals surface area contributed by atoms with Crippen molar-refractivity contribution in [1.29, 1.82) is 5.26 Å². The Morgan fingerprint density at radius 2 is 1.72 bits per heavy atom. The summed E-state index contributed by atoms with van der Waals surface area (Å²) in [7, 11) is 0. The van der Waals surface area contributed by atoms with Crippen molar-refractivity contribution in [2.45, 2.75) is 18.5 Å². The predicted molar refractivity (Wildman–Crippen MR) is 73.7 cm³/mol. The van der Waals surface area contributed by atoms with Gasteiger partial charge in [0.15, 0.2) is 0 Å². The molecule has 0 radical (unpaired) electrons.